The van der Waals surface area contributed by atoms with Gasteiger partial charge in [0.25, 0.3) is 0 Å². The first kappa shape index (κ1) is 17.7. The monoisotopic (exact) mass is 396 g/mol. The van der Waals surface area contributed by atoms with Gasteiger partial charge in [0.05, 0.1) is 13.7 Å². The topological polar surface area (TPSA) is 61.8 Å². The van der Waals surface area contributed by atoms with Gasteiger partial charge in [-0.05, 0) is 49.3 Å². The lowest BCUT2D eigenvalue weighted by Crippen LogP contribution is -2.54. The molecule has 2 N–H and O–H groups in total. The van der Waals surface area contributed by atoms with Gasteiger partial charge in [-0.1, -0.05) is 22.0 Å². The van der Waals surface area contributed by atoms with Crippen molar-refractivity contribution in [1.29, 1.82) is 0 Å². The molecular formula is C18H25BrN2O3. The fourth-order valence-corrected chi connectivity index (χ4v) is 3.75. The first-order valence-corrected chi connectivity index (χ1v) is 9.36. The maximum atomic E-state index is 11.1. The van der Waals surface area contributed by atoms with Crippen LogP contribution in [0.1, 0.15) is 31.2 Å². The van der Waals surface area contributed by atoms with E-state index < -0.39 is 5.97 Å². The van der Waals surface area contributed by atoms with Crippen LogP contribution in [0.4, 0.5) is 0 Å². The lowest BCUT2D eigenvalue weighted by atomic mass is 9.85. The number of aliphatic carboxylic acids is 1. The molecule has 1 aromatic rings. The molecule has 2 aliphatic carbocycles. The molecule has 5 nitrogen and oxygen atoms in total. The van der Waals surface area contributed by atoms with Crippen LogP contribution in [0, 0.1) is 5.92 Å². The second kappa shape index (κ2) is 7.85. The van der Waals surface area contributed by atoms with Crippen LogP contribution in [0.15, 0.2) is 22.7 Å². The molecule has 0 saturated heterocycles. The molecule has 2 saturated carbocycles. The number of nitrogens with one attached hydrogen (secondary N) is 1. The third-order valence-corrected chi connectivity index (χ3v) is 5.74. The summed E-state index contributed by atoms with van der Waals surface area (Å²) in [6.45, 7) is 1.94. The van der Waals surface area contributed by atoms with Crippen LogP contribution in [0.25, 0.3) is 0 Å². The molecule has 3 rings (SSSR count). The fraction of sp³-hybridized carbons (Fsp3) is 0.611. The Morgan fingerprint density at radius 3 is 2.75 bits per heavy atom. The summed E-state index contributed by atoms with van der Waals surface area (Å²) in [6, 6.07) is 6.90. The summed E-state index contributed by atoms with van der Waals surface area (Å²) in [6.07, 6.45) is 4.59. The minimum Gasteiger partial charge on any atom is -0.497 e. The van der Waals surface area contributed by atoms with E-state index in [1.54, 1.807) is 7.11 Å². The van der Waals surface area contributed by atoms with Gasteiger partial charge >= 0.3 is 5.97 Å². The maximum absolute atomic E-state index is 11.1. The molecule has 0 bridgehead atoms. The number of methoxy groups -OCH3 is 1. The van der Waals surface area contributed by atoms with Crippen molar-refractivity contribution >= 4 is 21.9 Å². The lowest BCUT2D eigenvalue weighted by molar-refractivity contribution is -0.139. The van der Waals surface area contributed by atoms with Crippen molar-refractivity contribution in [2.45, 2.75) is 44.3 Å². The number of rotatable bonds is 9. The number of benzene rings is 1. The standard InChI is InChI=1S/C18H25BrN2O3/c1-24-16-5-4-13(17(19)8-16)9-20-14-6-15(7-14)21(11-18(22)23)10-12-2-3-12/h4-5,8,12,14-15,20H,2-3,6-7,9-11H2,1H3,(H,22,23). The lowest BCUT2D eigenvalue weighted by Gasteiger charge is -2.43. The molecule has 132 valence electrons. The molecule has 0 heterocycles. The maximum Gasteiger partial charge on any atom is 0.317 e. The normalized spacial score (nSPS) is 23.1. The Morgan fingerprint density at radius 2 is 2.17 bits per heavy atom. The Labute approximate surface area is 151 Å². The Bertz CT molecular complexity index is 586. The predicted octanol–water partition coefficient (Wildman–Crippen LogP) is 2.87. The van der Waals surface area contributed by atoms with Gasteiger partial charge in [-0.15, -0.1) is 0 Å². The van der Waals surface area contributed by atoms with Crippen molar-refractivity contribution < 1.29 is 14.6 Å². The molecule has 6 heteroatoms. The van der Waals surface area contributed by atoms with Crippen LogP contribution >= 0.6 is 15.9 Å². The Kier molecular flexibility index (Phi) is 5.79. The SMILES string of the molecule is COc1ccc(CNC2CC(N(CC(=O)O)CC3CC3)C2)c(Br)c1. The van der Waals surface area contributed by atoms with Crippen LogP contribution < -0.4 is 10.1 Å². The quantitative estimate of drug-likeness (QED) is 0.671. The number of carbonyl (C=O) groups is 1. The highest BCUT2D eigenvalue weighted by Gasteiger charge is 2.36. The summed E-state index contributed by atoms with van der Waals surface area (Å²) >= 11 is 3.58. The van der Waals surface area contributed by atoms with Crippen molar-refractivity contribution in [3.63, 3.8) is 0 Å². The number of nitrogens with zero attached hydrogens (tertiary/aromatic N) is 1. The van der Waals surface area contributed by atoms with E-state index in [1.807, 2.05) is 12.1 Å². The largest absolute Gasteiger partial charge is 0.497 e. The van der Waals surface area contributed by atoms with Crippen LogP contribution in [-0.2, 0) is 11.3 Å². The highest BCUT2D eigenvalue weighted by atomic mass is 79.9. The first-order chi connectivity index (χ1) is 11.5. The Hall–Kier alpha value is -1.11. The molecule has 0 aromatic heterocycles. The van der Waals surface area contributed by atoms with Crippen molar-refractivity contribution in [2.75, 3.05) is 20.2 Å². The van der Waals surface area contributed by atoms with E-state index in [0.29, 0.717) is 12.1 Å². The average Bonchev–Trinajstić information content (AvgIpc) is 3.30. The van der Waals surface area contributed by atoms with E-state index in [-0.39, 0.29) is 6.54 Å². The zero-order valence-corrected chi connectivity index (χ0v) is 15.6. The second-order valence-electron chi connectivity index (χ2n) is 6.93. The molecule has 2 fully saturated rings. The summed E-state index contributed by atoms with van der Waals surface area (Å²) < 4.78 is 6.26. The van der Waals surface area contributed by atoms with Gasteiger partial charge in [-0.25, -0.2) is 0 Å². The molecule has 0 aliphatic heterocycles. The zero-order valence-electron chi connectivity index (χ0n) is 14.0. The van der Waals surface area contributed by atoms with Gasteiger partial charge in [0.1, 0.15) is 5.75 Å². The smallest absolute Gasteiger partial charge is 0.317 e. The number of halogens is 1. The number of hydrogen-bond acceptors (Lipinski definition) is 4. The van der Waals surface area contributed by atoms with Crippen molar-refractivity contribution in [2.24, 2.45) is 5.92 Å². The van der Waals surface area contributed by atoms with Crippen molar-refractivity contribution in [3.8, 4) is 5.75 Å². The van der Waals surface area contributed by atoms with Crippen molar-refractivity contribution in [3.05, 3.63) is 28.2 Å². The number of carboxylic acid groups (broad SMARTS) is 1. The zero-order chi connectivity index (χ0) is 17.1. The molecule has 0 unspecified atom stereocenters. The Morgan fingerprint density at radius 1 is 1.42 bits per heavy atom. The Balaban J connectivity index is 1.44. The van der Waals surface area contributed by atoms with E-state index in [1.165, 1.54) is 18.4 Å². The summed E-state index contributed by atoms with van der Waals surface area (Å²) in [4.78, 5) is 13.2. The number of hydrogen-bond donors (Lipinski definition) is 2. The van der Waals surface area contributed by atoms with Gasteiger partial charge in [0.2, 0.25) is 0 Å². The van der Waals surface area contributed by atoms with Crippen molar-refractivity contribution in [1.82, 2.24) is 10.2 Å². The van der Waals surface area contributed by atoms with Crippen LogP contribution in [0.3, 0.4) is 0 Å². The van der Waals surface area contributed by atoms with E-state index in [0.717, 1.165) is 42.1 Å². The minimum atomic E-state index is -0.714. The molecule has 0 spiro atoms. The molecule has 0 amide bonds. The summed E-state index contributed by atoms with van der Waals surface area (Å²) in [7, 11) is 1.67. The summed E-state index contributed by atoms with van der Waals surface area (Å²) in [5, 5.41) is 12.7. The fourth-order valence-electron chi connectivity index (χ4n) is 3.25. The van der Waals surface area contributed by atoms with E-state index in [4.69, 9.17) is 9.84 Å². The van der Waals surface area contributed by atoms with Crippen LogP contribution in [-0.4, -0.2) is 48.3 Å². The highest BCUT2D eigenvalue weighted by Crippen LogP contribution is 2.34. The molecule has 1 aromatic carbocycles. The third-order valence-electron chi connectivity index (χ3n) is 5.00. The van der Waals surface area contributed by atoms with Gasteiger partial charge in [0, 0.05) is 29.6 Å². The molecule has 24 heavy (non-hydrogen) atoms. The number of carboxylic acids is 1. The van der Waals surface area contributed by atoms with Gasteiger partial charge in [-0.2, -0.15) is 0 Å². The summed E-state index contributed by atoms with van der Waals surface area (Å²) in [5.41, 5.74) is 1.21. The summed E-state index contributed by atoms with van der Waals surface area (Å²) in [5.74, 6) is 0.861. The number of ether oxygens (including phenoxy) is 1. The predicted molar refractivity (Wildman–Crippen MR) is 96.3 cm³/mol. The van der Waals surface area contributed by atoms with Gasteiger partial charge in [0.15, 0.2) is 0 Å². The second-order valence-corrected chi connectivity index (χ2v) is 7.78. The molecule has 2 aliphatic rings. The van der Waals surface area contributed by atoms with E-state index in [9.17, 15) is 4.79 Å². The highest BCUT2D eigenvalue weighted by molar-refractivity contribution is 9.10. The molecule has 0 atom stereocenters. The van der Waals surface area contributed by atoms with Gasteiger partial charge < -0.3 is 15.2 Å². The minimum absolute atomic E-state index is 0.178. The van der Waals surface area contributed by atoms with E-state index in [2.05, 4.69) is 32.2 Å². The van der Waals surface area contributed by atoms with Crippen LogP contribution in [0.2, 0.25) is 0 Å². The van der Waals surface area contributed by atoms with Crippen LogP contribution in [0.5, 0.6) is 5.75 Å². The van der Waals surface area contributed by atoms with Gasteiger partial charge in [-0.3, -0.25) is 9.69 Å². The molecule has 0 radical (unpaired) electrons. The first-order valence-electron chi connectivity index (χ1n) is 8.56. The average molecular weight is 397 g/mol. The third kappa shape index (κ3) is 4.71. The van der Waals surface area contributed by atoms with E-state index >= 15 is 0 Å². The molecular weight excluding hydrogens is 372 g/mol.